The van der Waals surface area contributed by atoms with E-state index in [-0.39, 0.29) is 18.0 Å². The second-order valence-corrected chi connectivity index (χ2v) is 5.98. The maximum absolute atomic E-state index is 12.4. The highest BCUT2D eigenvalue weighted by Gasteiger charge is 2.21. The van der Waals surface area contributed by atoms with Crippen LogP contribution in [0.4, 0.5) is 10.5 Å². The van der Waals surface area contributed by atoms with Crippen LogP contribution in [0.5, 0.6) is 0 Å². The number of rotatable bonds is 4. The summed E-state index contributed by atoms with van der Waals surface area (Å²) in [6, 6.07) is 15.0. The molecule has 24 heavy (non-hydrogen) atoms. The molecule has 5 heteroatoms. The summed E-state index contributed by atoms with van der Waals surface area (Å²) in [5, 5.41) is 5.78. The highest BCUT2D eigenvalue weighted by molar-refractivity contribution is 5.97. The van der Waals surface area contributed by atoms with Crippen LogP contribution in [0, 0.1) is 6.92 Å². The number of nitrogens with one attached hydrogen (secondary N) is 2. The minimum Gasteiger partial charge on any atom is -0.346 e. The summed E-state index contributed by atoms with van der Waals surface area (Å²) in [5.41, 5.74) is 3.64. The predicted octanol–water partition coefficient (Wildman–Crippen LogP) is 3.02. The molecule has 1 fully saturated rings. The Morgan fingerprint density at radius 2 is 1.88 bits per heavy atom. The van der Waals surface area contributed by atoms with Crippen molar-refractivity contribution in [3.8, 4) is 0 Å². The molecule has 0 spiro atoms. The number of hydrogen-bond acceptors (Lipinski definition) is 2. The smallest absolute Gasteiger partial charge is 0.321 e. The molecule has 1 saturated heterocycles. The summed E-state index contributed by atoms with van der Waals surface area (Å²) in [7, 11) is 0. The Balaban J connectivity index is 1.69. The molecule has 1 unspecified atom stereocenters. The minimum atomic E-state index is -0.122. The third kappa shape index (κ3) is 3.25. The van der Waals surface area contributed by atoms with Gasteiger partial charge in [-0.05, 0) is 49.2 Å². The quantitative estimate of drug-likeness (QED) is 0.908. The maximum Gasteiger partial charge on any atom is 0.321 e. The Hall–Kier alpha value is -2.82. The van der Waals surface area contributed by atoms with Crippen LogP contribution >= 0.6 is 0 Å². The van der Waals surface area contributed by atoms with Gasteiger partial charge in [-0.2, -0.15) is 0 Å². The molecule has 3 amide bonds. The highest BCUT2D eigenvalue weighted by Crippen LogP contribution is 2.19. The fourth-order valence-corrected chi connectivity index (χ4v) is 2.94. The van der Waals surface area contributed by atoms with Gasteiger partial charge in [-0.1, -0.05) is 24.3 Å². The molecule has 2 N–H and O–H groups in total. The van der Waals surface area contributed by atoms with Crippen molar-refractivity contribution in [2.24, 2.45) is 0 Å². The summed E-state index contributed by atoms with van der Waals surface area (Å²) in [4.78, 5) is 25.8. The zero-order chi connectivity index (χ0) is 17.1. The van der Waals surface area contributed by atoms with Crippen LogP contribution in [0.25, 0.3) is 0 Å². The van der Waals surface area contributed by atoms with Crippen LogP contribution in [0.1, 0.15) is 34.5 Å². The molecule has 0 saturated carbocycles. The van der Waals surface area contributed by atoms with Gasteiger partial charge in [0.1, 0.15) is 0 Å². The van der Waals surface area contributed by atoms with Gasteiger partial charge in [0.05, 0.1) is 6.04 Å². The van der Waals surface area contributed by atoms with E-state index in [0.717, 1.165) is 16.8 Å². The molecule has 0 radical (unpaired) electrons. The zero-order valence-electron chi connectivity index (χ0n) is 13.9. The number of nitrogens with zero attached hydrogens (tertiary/aromatic N) is 1. The number of urea groups is 1. The Morgan fingerprint density at radius 1 is 1.17 bits per heavy atom. The van der Waals surface area contributed by atoms with E-state index in [1.807, 2.05) is 38.1 Å². The molecule has 3 rings (SSSR count). The molecule has 0 aliphatic carbocycles. The van der Waals surface area contributed by atoms with Crippen molar-refractivity contribution in [2.75, 3.05) is 18.0 Å². The second kappa shape index (κ2) is 6.74. The summed E-state index contributed by atoms with van der Waals surface area (Å²) in [5.74, 6) is -0.122. The van der Waals surface area contributed by atoms with Gasteiger partial charge in [0.25, 0.3) is 5.91 Å². The maximum atomic E-state index is 12.4. The topological polar surface area (TPSA) is 61.4 Å². The largest absolute Gasteiger partial charge is 0.346 e. The zero-order valence-corrected chi connectivity index (χ0v) is 13.9. The average molecular weight is 323 g/mol. The molecule has 1 aliphatic rings. The van der Waals surface area contributed by atoms with Crippen molar-refractivity contribution in [2.45, 2.75) is 19.9 Å². The number of carbonyl (C=O) groups is 2. The van der Waals surface area contributed by atoms with Crippen molar-refractivity contribution >= 4 is 17.6 Å². The van der Waals surface area contributed by atoms with E-state index in [1.54, 1.807) is 29.2 Å². The SMILES string of the molecule is Cc1ccccc1C(C)NC(=O)c1ccc(N2CCNC2=O)cc1. The van der Waals surface area contributed by atoms with E-state index < -0.39 is 0 Å². The standard InChI is InChI=1S/C19H21N3O2/c1-13-5-3-4-6-17(13)14(2)21-18(23)15-7-9-16(10-8-15)22-12-11-20-19(22)24/h3-10,14H,11-12H2,1-2H3,(H,20,24)(H,21,23). The Labute approximate surface area is 141 Å². The third-order valence-electron chi connectivity index (χ3n) is 4.30. The normalized spacial score (nSPS) is 15.1. The lowest BCUT2D eigenvalue weighted by Gasteiger charge is -2.17. The van der Waals surface area contributed by atoms with Gasteiger partial charge in [-0.3, -0.25) is 9.69 Å². The van der Waals surface area contributed by atoms with Crippen LogP contribution in [-0.4, -0.2) is 25.0 Å². The van der Waals surface area contributed by atoms with Gasteiger partial charge in [0.2, 0.25) is 0 Å². The van der Waals surface area contributed by atoms with Gasteiger partial charge >= 0.3 is 6.03 Å². The lowest BCUT2D eigenvalue weighted by Crippen LogP contribution is -2.28. The summed E-state index contributed by atoms with van der Waals surface area (Å²) in [6.45, 7) is 5.31. The summed E-state index contributed by atoms with van der Waals surface area (Å²) < 4.78 is 0. The molecule has 5 nitrogen and oxygen atoms in total. The van der Waals surface area contributed by atoms with Crippen molar-refractivity contribution in [3.63, 3.8) is 0 Å². The number of amides is 3. The van der Waals surface area contributed by atoms with Crippen LogP contribution in [0.3, 0.4) is 0 Å². The molecular formula is C19H21N3O2. The van der Waals surface area contributed by atoms with E-state index in [9.17, 15) is 9.59 Å². The number of benzene rings is 2. The Bertz CT molecular complexity index is 755. The highest BCUT2D eigenvalue weighted by atomic mass is 16.2. The second-order valence-electron chi connectivity index (χ2n) is 5.98. The number of aryl methyl sites for hydroxylation is 1. The van der Waals surface area contributed by atoms with E-state index in [0.29, 0.717) is 18.7 Å². The van der Waals surface area contributed by atoms with E-state index >= 15 is 0 Å². The minimum absolute atomic E-state index is 0.0669. The van der Waals surface area contributed by atoms with Crippen molar-refractivity contribution in [1.29, 1.82) is 0 Å². The molecule has 2 aromatic carbocycles. The molecule has 0 aromatic heterocycles. The molecule has 1 heterocycles. The van der Waals surface area contributed by atoms with Gasteiger partial charge in [-0.15, -0.1) is 0 Å². The van der Waals surface area contributed by atoms with Gasteiger partial charge in [0.15, 0.2) is 0 Å². The molecule has 124 valence electrons. The monoisotopic (exact) mass is 323 g/mol. The van der Waals surface area contributed by atoms with E-state index in [4.69, 9.17) is 0 Å². The van der Waals surface area contributed by atoms with Crippen LogP contribution in [0.2, 0.25) is 0 Å². The Kier molecular flexibility index (Phi) is 4.51. The van der Waals surface area contributed by atoms with Gasteiger partial charge in [0, 0.05) is 24.3 Å². The number of hydrogen-bond donors (Lipinski definition) is 2. The first kappa shape index (κ1) is 16.1. The predicted molar refractivity (Wildman–Crippen MR) is 94.2 cm³/mol. The van der Waals surface area contributed by atoms with E-state index in [1.165, 1.54) is 0 Å². The molecule has 1 atom stereocenters. The van der Waals surface area contributed by atoms with E-state index in [2.05, 4.69) is 10.6 Å². The summed E-state index contributed by atoms with van der Waals surface area (Å²) in [6.07, 6.45) is 0. The fourth-order valence-electron chi connectivity index (χ4n) is 2.94. The first-order valence-electron chi connectivity index (χ1n) is 8.08. The summed E-state index contributed by atoms with van der Waals surface area (Å²) >= 11 is 0. The number of anilines is 1. The van der Waals surface area contributed by atoms with Crippen molar-refractivity contribution < 1.29 is 9.59 Å². The Morgan fingerprint density at radius 3 is 2.50 bits per heavy atom. The van der Waals surface area contributed by atoms with Crippen LogP contribution in [-0.2, 0) is 0 Å². The first-order valence-corrected chi connectivity index (χ1v) is 8.08. The lowest BCUT2D eigenvalue weighted by atomic mass is 10.0. The van der Waals surface area contributed by atoms with Crippen LogP contribution in [0.15, 0.2) is 48.5 Å². The van der Waals surface area contributed by atoms with Crippen molar-refractivity contribution in [1.82, 2.24) is 10.6 Å². The van der Waals surface area contributed by atoms with Gasteiger partial charge in [-0.25, -0.2) is 4.79 Å². The first-order chi connectivity index (χ1) is 11.6. The molecule has 1 aliphatic heterocycles. The number of carbonyl (C=O) groups excluding carboxylic acids is 2. The lowest BCUT2D eigenvalue weighted by molar-refractivity contribution is 0.0940. The molecule has 2 aromatic rings. The third-order valence-corrected chi connectivity index (χ3v) is 4.30. The molecular weight excluding hydrogens is 302 g/mol. The molecule has 0 bridgehead atoms. The van der Waals surface area contributed by atoms with Gasteiger partial charge < -0.3 is 10.6 Å². The fraction of sp³-hybridized carbons (Fsp3) is 0.263. The van der Waals surface area contributed by atoms with Crippen molar-refractivity contribution in [3.05, 3.63) is 65.2 Å². The van der Waals surface area contributed by atoms with Crippen LogP contribution < -0.4 is 15.5 Å². The average Bonchev–Trinajstić information content (AvgIpc) is 3.01.